The molecule has 0 N–H and O–H groups in total. The topological polar surface area (TPSA) is 20.3 Å². The quantitative estimate of drug-likeness (QED) is 0.763. The SMILES string of the molecule is CC(=O)c1ccc(CF)cc1N1CCC(C)CC1. The average molecular weight is 249 g/mol. The summed E-state index contributed by atoms with van der Waals surface area (Å²) in [7, 11) is 0. The summed E-state index contributed by atoms with van der Waals surface area (Å²) in [5.41, 5.74) is 2.26. The first-order chi connectivity index (χ1) is 8.61. The van der Waals surface area contributed by atoms with Crippen LogP contribution in [0, 0.1) is 5.92 Å². The van der Waals surface area contributed by atoms with Crippen LogP contribution in [0.1, 0.15) is 42.6 Å². The van der Waals surface area contributed by atoms with Gasteiger partial charge in [-0.2, -0.15) is 0 Å². The number of carbonyl (C=O) groups excluding carboxylic acids is 1. The highest BCUT2D eigenvalue weighted by molar-refractivity contribution is 5.99. The molecule has 0 aliphatic carbocycles. The first-order valence-corrected chi connectivity index (χ1v) is 6.56. The lowest BCUT2D eigenvalue weighted by Crippen LogP contribution is -2.33. The molecule has 0 amide bonds. The first-order valence-electron chi connectivity index (χ1n) is 6.56. The fourth-order valence-corrected chi connectivity index (χ4v) is 2.47. The molecule has 0 radical (unpaired) electrons. The van der Waals surface area contributed by atoms with Crippen molar-refractivity contribution in [2.45, 2.75) is 33.4 Å². The summed E-state index contributed by atoms with van der Waals surface area (Å²) in [5.74, 6) is 0.792. The lowest BCUT2D eigenvalue weighted by atomic mass is 9.97. The van der Waals surface area contributed by atoms with E-state index in [4.69, 9.17) is 0 Å². The van der Waals surface area contributed by atoms with Crippen LogP contribution >= 0.6 is 0 Å². The van der Waals surface area contributed by atoms with E-state index in [9.17, 15) is 9.18 Å². The maximum absolute atomic E-state index is 12.8. The Morgan fingerprint density at radius 3 is 2.61 bits per heavy atom. The van der Waals surface area contributed by atoms with Crippen molar-refractivity contribution in [2.75, 3.05) is 18.0 Å². The molecule has 1 saturated heterocycles. The van der Waals surface area contributed by atoms with E-state index in [1.807, 2.05) is 6.07 Å². The molecule has 0 saturated carbocycles. The number of alkyl halides is 1. The van der Waals surface area contributed by atoms with E-state index in [2.05, 4.69) is 11.8 Å². The number of piperidine rings is 1. The van der Waals surface area contributed by atoms with Gasteiger partial charge in [0.1, 0.15) is 6.67 Å². The van der Waals surface area contributed by atoms with Gasteiger partial charge in [-0.3, -0.25) is 4.79 Å². The number of halogens is 1. The Bertz CT molecular complexity index is 436. The van der Waals surface area contributed by atoms with Gasteiger partial charge in [-0.15, -0.1) is 0 Å². The maximum Gasteiger partial charge on any atom is 0.161 e. The fourth-order valence-electron chi connectivity index (χ4n) is 2.47. The van der Waals surface area contributed by atoms with E-state index in [-0.39, 0.29) is 5.78 Å². The number of anilines is 1. The average Bonchev–Trinajstić information content (AvgIpc) is 2.38. The summed E-state index contributed by atoms with van der Waals surface area (Å²) >= 11 is 0. The van der Waals surface area contributed by atoms with Gasteiger partial charge in [-0.25, -0.2) is 4.39 Å². The van der Waals surface area contributed by atoms with E-state index < -0.39 is 6.67 Å². The van der Waals surface area contributed by atoms with E-state index in [1.54, 1.807) is 19.1 Å². The molecular formula is C15H20FNO. The maximum atomic E-state index is 12.8. The smallest absolute Gasteiger partial charge is 0.161 e. The van der Waals surface area contributed by atoms with Crippen molar-refractivity contribution in [1.29, 1.82) is 0 Å². The molecule has 1 fully saturated rings. The number of hydrogen-bond donors (Lipinski definition) is 0. The summed E-state index contributed by atoms with van der Waals surface area (Å²) in [5, 5.41) is 0. The summed E-state index contributed by atoms with van der Waals surface area (Å²) in [6.07, 6.45) is 2.27. The van der Waals surface area contributed by atoms with Gasteiger partial charge in [0.15, 0.2) is 5.78 Å². The first kappa shape index (κ1) is 13.1. The molecule has 3 heteroatoms. The van der Waals surface area contributed by atoms with Gasteiger partial charge in [-0.05, 0) is 43.4 Å². The minimum Gasteiger partial charge on any atom is -0.371 e. The van der Waals surface area contributed by atoms with Crippen LogP contribution < -0.4 is 4.90 Å². The lowest BCUT2D eigenvalue weighted by molar-refractivity contribution is 0.101. The molecule has 2 nitrogen and oxygen atoms in total. The Kier molecular flexibility index (Phi) is 4.00. The van der Waals surface area contributed by atoms with Gasteiger partial charge in [-0.1, -0.05) is 13.0 Å². The van der Waals surface area contributed by atoms with E-state index >= 15 is 0 Å². The molecular weight excluding hydrogens is 229 g/mol. The molecule has 2 rings (SSSR count). The highest BCUT2D eigenvalue weighted by Crippen LogP contribution is 2.28. The molecule has 1 aliphatic heterocycles. The lowest BCUT2D eigenvalue weighted by Gasteiger charge is -2.33. The van der Waals surface area contributed by atoms with Crippen LogP contribution in [0.2, 0.25) is 0 Å². The van der Waals surface area contributed by atoms with Crippen LogP contribution in [0.3, 0.4) is 0 Å². The summed E-state index contributed by atoms with van der Waals surface area (Å²) in [6, 6.07) is 5.28. The van der Waals surface area contributed by atoms with Crippen LogP contribution in [-0.2, 0) is 6.67 Å². The zero-order valence-electron chi connectivity index (χ0n) is 11.1. The molecule has 1 heterocycles. The third-order valence-electron chi connectivity index (χ3n) is 3.72. The third-order valence-corrected chi connectivity index (χ3v) is 3.72. The molecule has 0 aromatic heterocycles. The summed E-state index contributed by atoms with van der Waals surface area (Å²) in [4.78, 5) is 13.9. The van der Waals surface area contributed by atoms with Crippen molar-refractivity contribution in [3.8, 4) is 0 Å². The standard InChI is InChI=1S/C15H20FNO/c1-11-5-7-17(8-6-11)15-9-13(10-16)3-4-14(15)12(2)18/h3-4,9,11H,5-8,10H2,1-2H3. The van der Waals surface area contributed by atoms with Gasteiger partial charge in [0.05, 0.1) is 0 Å². The number of ketones is 1. The Morgan fingerprint density at radius 2 is 2.06 bits per heavy atom. The monoisotopic (exact) mass is 249 g/mol. The molecule has 0 spiro atoms. The Morgan fingerprint density at radius 1 is 1.39 bits per heavy atom. The van der Waals surface area contributed by atoms with Gasteiger partial charge in [0.2, 0.25) is 0 Å². The van der Waals surface area contributed by atoms with Crippen molar-refractivity contribution in [3.63, 3.8) is 0 Å². The number of Topliss-reactive ketones (excluding diaryl/α,β-unsaturated/α-hetero) is 1. The zero-order chi connectivity index (χ0) is 13.1. The molecule has 0 atom stereocenters. The van der Waals surface area contributed by atoms with Crippen LogP contribution in [0.15, 0.2) is 18.2 Å². The molecule has 1 aliphatic rings. The van der Waals surface area contributed by atoms with Crippen molar-refractivity contribution in [2.24, 2.45) is 5.92 Å². The molecule has 0 bridgehead atoms. The van der Waals surface area contributed by atoms with Crippen molar-refractivity contribution >= 4 is 11.5 Å². The molecule has 0 unspecified atom stereocenters. The predicted molar refractivity (Wildman–Crippen MR) is 71.9 cm³/mol. The number of rotatable bonds is 3. The number of benzene rings is 1. The normalized spacial score (nSPS) is 16.9. The van der Waals surface area contributed by atoms with Gasteiger partial charge >= 0.3 is 0 Å². The minimum absolute atomic E-state index is 0.0500. The molecule has 1 aromatic carbocycles. The van der Waals surface area contributed by atoms with Crippen molar-refractivity contribution in [1.82, 2.24) is 0 Å². The van der Waals surface area contributed by atoms with Crippen LogP contribution in [0.25, 0.3) is 0 Å². The highest BCUT2D eigenvalue weighted by atomic mass is 19.1. The number of carbonyl (C=O) groups is 1. The van der Waals surface area contributed by atoms with Crippen LogP contribution in [0.4, 0.5) is 10.1 Å². The number of nitrogens with zero attached hydrogens (tertiary/aromatic N) is 1. The minimum atomic E-state index is -0.477. The van der Waals surface area contributed by atoms with E-state index in [1.165, 1.54) is 0 Å². The second kappa shape index (κ2) is 5.51. The zero-order valence-corrected chi connectivity index (χ0v) is 11.1. The Labute approximate surface area is 108 Å². The van der Waals surface area contributed by atoms with Crippen molar-refractivity contribution < 1.29 is 9.18 Å². The second-order valence-corrected chi connectivity index (χ2v) is 5.21. The predicted octanol–water partition coefficient (Wildman–Crippen LogP) is 3.60. The van der Waals surface area contributed by atoms with E-state index in [0.717, 1.165) is 37.5 Å². The van der Waals surface area contributed by atoms with Gasteiger partial charge in [0.25, 0.3) is 0 Å². The second-order valence-electron chi connectivity index (χ2n) is 5.21. The fraction of sp³-hybridized carbons (Fsp3) is 0.533. The Hall–Kier alpha value is -1.38. The largest absolute Gasteiger partial charge is 0.371 e. The third kappa shape index (κ3) is 2.71. The highest BCUT2D eigenvalue weighted by Gasteiger charge is 2.20. The summed E-state index contributed by atoms with van der Waals surface area (Å²) in [6.45, 7) is 5.26. The van der Waals surface area contributed by atoms with Gasteiger partial charge < -0.3 is 4.90 Å². The number of hydrogen-bond acceptors (Lipinski definition) is 2. The van der Waals surface area contributed by atoms with Crippen molar-refractivity contribution in [3.05, 3.63) is 29.3 Å². The Balaban J connectivity index is 2.31. The van der Waals surface area contributed by atoms with Crippen LogP contribution in [0.5, 0.6) is 0 Å². The summed E-state index contributed by atoms with van der Waals surface area (Å²) < 4.78 is 12.8. The molecule has 18 heavy (non-hydrogen) atoms. The molecule has 1 aromatic rings. The van der Waals surface area contributed by atoms with Crippen LogP contribution in [-0.4, -0.2) is 18.9 Å². The molecule has 98 valence electrons. The van der Waals surface area contributed by atoms with Gasteiger partial charge in [0, 0.05) is 24.3 Å². The van der Waals surface area contributed by atoms with E-state index in [0.29, 0.717) is 11.1 Å².